The molecule has 0 bridgehead atoms. The van der Waals surface area contributed by atoms with E-state index in [0.29, 0.717) is 0 Å². The highest BCUT2D eigenvalue weighted by Gasteiger charge is 2.19. The molecule has 0 aliphatic rings. The fraction of sp³-hybridized carbons (Fsp3) is 0. The molecule has 1 heterocycles. The molecule has 0 unspecified atom stereocenters. The number of furan rings is 1. The van der Waals surface area contributed by atoms with Gasteiger partial charge in [-0.25, -0.2) is 0 Å². The molecule has 2 nitrogen and oxygen atoms in total. The number of hydrogen-bond acceptors (Lipinski definition) is 2. The highest BCUT2D eigenvalue weighted by molar-refractivity contribution is 6.32. The molecule has 0 saturated heterocycles. The van der Waals surface area contributed by atoms with Crippen LogP contribution in [0, 0.1) is 0 Å². The Kier molecular flexibility index (Phi) is 4.73. The van der Waals surface area contributed by atoms with Crippen LogP contribution in [0.25, 0.3) is 33.1 Å². The van der Waals surface area contributed by atoms with E-state index in [-0.39, 0.29) is 0 Å². The van der Waals surface area contributed by atoms with Gasteiger partial charge in [-0.05, 0) is 53.6 Å². The van der Waals surface area contributed by atoms with Crippen molar-refractivity contribution < 1.29 is 4.42 Å². The van der Waals surface area contributed by atoms with Crippen LogP contribution in [0.3, 0.4) is 0 Å². The van der Waals surface area contributed by atoms with Crippen molar-refractivity contribution in [3.8, 4) is 11.1 Å². The van der Waals surface area contributed by atoms with Gasteiger partial charge in [-0.2, -0.15) is 0 Å². The van der Waals surface area contributed by atoms with Crippen molar-refractivity contribution in [2.75, 3.05) is 4.90 Å². The van der Waals surface area contributed by atoms with E-state index in [9.17, 15) is 0 Å². The van der Waals surface area contributed by atoms with Gasteiger partial charge in [-0.15, -0.1) is 0 Å². The van der Waals surface area contributed by atoms with Crippen LogP contribution in [-0.4, -0.2) is 7.85 Å². The smallest absolute Gasteiger partial charge is 0.139 e. The lowest BCUT2D eigenvalue weighted by molar-refractivity contribution is 0.669. The van der Waals surface area contributed by atoms with Crippen molar-refractivity contribution in [1.82, 2.24) is 0 Å². The minimum absolute atomic E-state index is 0.895. The second kappa shape index (κ2) is 8.03. The van der Waals surface area contributed by atoms with Crippen LogP contribution < -0.4 is 10.4 Å². The fourth-order valence-electron chi connectivity index (χ4n) is 4.50. The molecule has 3 heteroatoms. The Hall–Kier alpha value is -4.24. The number of fused-ring (bicyclic) bond motifs is 3. The zero-order valence-corrected chi connectivity index (χ0v) is 18.4. The minimum Gasteiger partial charge on any atom is -0.456 e. The molecule has 1 aromatic heterocycles. The SMILES string of the molecule is Bc1ccc(N(c2ccc(-c3ccccc3)cc2)c2cccc3oc4ccccc4c23)cc1. The van der Waals surface area contributed by atoms with Crippen LogP contribution in [0.15, 0.2) is 126 Å². The molecule has 0 fully saturated rings. The lowest BCUT2D eigenvalue weighted by Crippen LogP contribution is -2.11. The van der Waals surface area contributed by atoms with Gasteiger partial charge in [0.1, 0.15) is 19.0 Å². The summed E-state index contributed by atoms with van der Waals surface area (Å²) in [4.78, 5) is 2.32. The molecule has 6 aromatic rings. The van der Waals surface area contributed by atoms with E-state index in [1.54, 1.807) is 0 Å². The lowest BCUT2D eigenvalue weighted by Gasteiger charge is -2.26. The average Bonchev–Trinajstić information content (AvgIpc) is 3.26. The van der Waals surface area contributed by atoms with Crippen LogP contribution >= 0.6 is 0 Å². The van der Waals surface area contributed by atoms with Gasteiger partial charge in [0.05, 0.1) is 11.1 Å². The molecule has 0 N–H and O–H groups in total. The number of anilines is 3. The Morgan fingerprint density at radius 1 is 0.515 bits per heavy atom. The summed E-state index contributed by atoms with van der Waals surface area (Å²) in [5.74, 6) is 0. The molecule has 156 valence electrons. The Morgan fingerprint density at radius 3 is 1.88 bits per heavy atom. The average molecular weight is 423 g/mol. The highest BCUT2D eigenvalue weighted by Crippen LogP contribution is 2.42. The highest BCUT2D eigenvalue weighted by atomic mass is 16.3. The van der Waals surface area contributed by atoms with Crippen LogP contribution in [0.5, 0.6) is 0 Å². The molecule has 0 amide bonds. The number of para-hydroxylation sites is 1. The van der Waals surface area contributed by atoms with E-state index in [1.807, 2.05) is 24.3 Å². The first-order chi connectivity index (χ1) is 16.3. The van der Waals surface area contributed by atoms with Gasteiger partial charge in [0.15, 0.2) is 0 Å². The second-order valence-corrected chi connectivity index (χ2v) is 8.33. The van der Waals surface area contributed by atoms with Gasteiger partial charge in [-0.3, -0.25) is 0 Å². The largest absolute Gasteiger partial charge is 0.456 e. The molecule has 5 aromatic carbocycles. The third kappa shape index (κ3) is 3.48. The first kappa shape index (κ1) is 19.5. The monoisotopic (exact) mass is 423 g/mol. The summed E-state index contributed by atoms with van der Waals surface area (Å²) in [6.07, 6.45) is 0. The van der Waals surface area contributed by atoms with Crippen molar-refractivity contribution in [2.45, 2.75) is 0 Å². The van der Waals surface area contributed by atoms with Crippen molar-refractivity contribution >= 4 is 52.3 Å². The summed E-state index contributed by atoms with van der Waals surface area (Å²) in [7, 11) is 2.12. The summed E-state index contributed by atoms with van der Waals surface area (Å²) >= 11 is 0. The molecule has 0 aliphatic carbocycles. The van der Waals surface area contributed by atoms with Crippen LogP contribution in [0.2, 0.25) is 0 Å². The van der Waals surface area contributed by atoms with E-state index < -0.39 is 0 Å². The zero-order chi connectivity index (χ0) is 22.2. The molecule has 0 saturated carbocycles. The molecular weight excluding hydrogens is 401 g/mol. The summed E-state index contributed by atoms with van der Waals surface area (Å²) in [6.45, 7) is 0. The van der Waals surface area contributed by atoms with Gasteiger partial charge < -0.3 is 9.32 Å². The Bertz CT molecular complexity index is 1550. The summed E-state index contributed by atoms with van der Waals surface area (Å²) < 4.78 is 6.18. The van der Waals surface area contributed by atoms with E-state index in [4.69, 9.17) is 4.42 Å². The van der Waals surface area contributed by atoms with E-state index >= 15 is 0 Å². The molecule has 0 aliphatic heterocycles. The first-order valence-electron chi connectivity index (χ1n) is 11.2. The molecule has 33 heavy (non-hydrogen) atoms. The molecule has 0 spiro atoms. The standard InChI is InChI=1S/C30H22BNO/c31-23-15-19-25(20-16-23)32(24-17-13-22(14-18-24)21-7-2-1-3-8-21)27-10-6-12-29-30(27)26-9-4-5-11-28(26)33-29/h1-20H,31H2. The van der Waals surface area contributed by atoms with E-state index in [1.165, 1.54) is 16.6 Å². The maximum atomic E-state index is 6.18. The molecule has 0 radical (unpaired) electrons. The van der Waals surface area contributed by atoms with E-state index in [2.05, 4.69) is 110 Å². The first-order valence-corrected chi connectivity index (χ1v) is 11.2. The topological polar surface area (TPSA) is 16.4 Å². The minimum atomic E-state index is 0.895. The Labute approximate surface area is 194 Å². The summed E-state index contributed by atoms with van der Waals surface area (Å²) in [5.41, 5.74) is 8.79. The van der Waals surface area contributed by atoms with Crippen LogP contribution in [0.1, 0.15) is 0 Å². The lowest BCUT2D eigenvalue weighted by atomic mass is 9.96. The van der Waals surface area contributed by atoms with Gasteiger partial charge >= 0.3 is 0 Å². The van der Waals surface area contributed by atoms with Gasteiger partial charge in [0.2, 0.25) is 0 Å². The Balaban J connectivity index is 1.56. The van der Waals surface area contributed by atoms with Gasteiger partial charge in [-0.1, -0.05) is 84.3 Å². The summed E-state index contributed by atoms with van der Waals surface area (Å²) in [6, 6.07) is 42.5. The van der Waals surface area contributed by atoms with Crippen molar-refractivity contribution in [3.05, 3.63) is 121 Å². The predicted molar refractivity (Wildman–Crippen MR) is 142 cm³/mol. The number of nitrogens with zero attached hydrogens (tertiary/aromatic N) is 1. The van der Waals surface area contributed by atoms with Gasteiger partial charge in [0, 0.05) is 16.8 Å². The predicted octanol–water partition coefficient (Wildman–Crippen LogP) is 6.98. The normalized spacial score (nSPS) is 11.2. The maximum Gasteiger partial charge on any atom is 0.139 e. The van der Waals surface area contributed by atoms with Gasteiger partial charge in [0.25, 0.3) is 0 Å². The van der Waals surface area contributed by atoms with Crippen LogP contribution in [-0.2, 0) is 0 Å². The fourth-order valence-corrected chi connectivity index (χ4v) is 4.50. The molecule has 6 rings (SSSR count). The van der Waals surface area contributed by atoms with Crippen LogP contribution in [0.4, 0.5) is 17.1 Å². The number of hydrogen-bond donors (Lipinski definition) is 0. The second-order valence-electron chi connectivity index (χ2n) is 8.33. The third-order valence-electron chi connectivity index (χ3n) is 6.15. The third-order valence-corrected chi connectivity index (χ3v) is 6.15. The number of rotatable bonds is 4. The van der Waals surface area contributed by atoms with Crippen molar-refractivity contribution in [3.63, 3.8) is 0 Å². The number of benzene rings is 5. The molecule has 0 atom stereocenters. The van der Waals surface area contributed by atoms with E-state index in [0.717, 1.165) is 39.0 Å². The maximum absolute atomic E-state index is 6.18. The summed E-state index contributed by atoms with van der Waals surface area (Å²) in [5, 5.41) is 2.25. The van der Waals surface area contributed by atoms with Crippen molar-refractivity contribution in [2.24, 2.45) is 0 Å². The molecular formula is C30H22BNO. The quantitative estimate of drug-likeness (QED) is 0.285. The van der Waals surface area contributed by atoms with Crippen molar-refractivity contribution in [1.29, 1.82) is 0 Å². The Morgan fingerprint density at radius 2 is 1.12 bits per heavy atom. The zero-order valence-electron chi connectivity index (χ0n) is 18.4.